The van der Waals surface area contributed by atoms with Crippen molar-refractivity contribution in [2.45, 2.75) is 26.3 Å². The van der Waals surface area contributed by atoms with Crippen molar-refractivity contribution in [3.8, 4) is 0 Å². The fourth-order valence-corrected chi connectivity index (χ4v) is 4.67. The Kier molecular flexibility index (Phi) is 4.48. The van der Waals surface area contributed by atoms with Gasteiger partial charge in [-0.05, 0) is 41.8 Å². The van der Waals surface area contributed by atoms with Gasteiger partial charge in [0.2, 0.25) is 0 Å². The van der Waals surface area contributed by atoms with Crippen LogP contribution < -0.4 is 4.72 Å². The highest BCUT2D eigenvalue weighted by Gasteiger charge is 2.27. The first-order valence-corrected chi connectivity index (χ1v) is 9.67. The number of nitrogens with zero attached hydrogens (tertiary/aromatic N) is 2. The van der Waals surface area contributed by atoms with Crippen molar-refractivity contribution in [1.29, 1.82) is 0 Å². The number of carbonyl (C=O) groups excluding carboxylic acids is 1. The second-order valence-electron chi connectivity index (χ2n) is 5.64. The van der Waals surface area contributed by atoms with Crippen molar-refractivity contribution >= 4 is 42.9 Å². The van der Waals surface area contributed by atoms with Gasteiger partial charge in [-0.1, -0.05) is 18.2 Å². The van der Waals surface area contributed by atoms with E-state index in [1.54, 1.807) is 0 Å². The fraction of sp³-hybridized carbons (Fsp3) is 0.400. The van der Waals surface area contributed by atoms with Crippen molar-refractivity contribution in [3.63, 3.8) is 0 Å². The van der Waals surface area contributed by atoms with E-state index in [0.717, 1.165) is 33.9 Å². The Bertz CT molecular complexity index is 854. The van der Waals surface area contributed by atoms with Gasteiger partial charge < -0.3 is 4.57 Å². The van der Waals surface area contributed by atoms with Gasteiger partial charge in [-0.25, -0.2) is 4.72 Å². The van der Waals surface area contributed by atoms with Crippen molar-refractivity contribution in [2.75, 3.05) is 13.1 Å². The van der Waals surface area contributed by atoms with Crippen LogP contribution in [-0.4, -0.2) is 36.3 Å². The Balaban J connectivity index is 1.82. The van der Waals surface area contributed by atoms with Crippen LogP contribution >= 0.6 is 15.9 Å². The second kappa shape index (κ2) is 6.26. The van der Waals surface area contributed by atoms with Crippen molar-refractivity contribution in [2.24, 2.45) is 0 Å². The second-order valence-corrected chi connectivity index (χ2v) is 8.10. The average molecular weight is 400 g/mol. The van der Waals surface area contributed by atoms with Crippen LogP contribution in [0.4, 0.5) is 0 Å². The highest BCUT2D eigenvalue weighted by atomic mass is 79.9. The molecular formula is C15H18BrN3O3S. The summed E-state index contributed by atoms with van der Waals surface area (Å²) in [4.78, 5) is 12.2. The van der Waals surface area contributed by atoms with Gasteiger partial charge in [0.15, 0.2) is 0 Å². The highest BCUT2D eigenvalue weighted by molar-refractivity contribution is 9.10. The molecule has 0 bridgehead atoms. The van der Waals surface area contributed by atoms with E-state index in [4.69, 9.17) is 0 Å². The third-order valence-corrected chi connectivity index (χ3v) is 6.63. The van der Waals surface area contributed by atoms with E-state index in [2.05, 4.69) is 20.7 Å². The summed E-state index contributed by atoms with van der Waals surface area (Å²) in [5, 5.41) is 1.00. The summed E-state index contributed by atoms with van der Waals surface area (Å²) in [6.45, 7) is 2.80. The third kappa shape index (κ3) is 3.15. The first kappa shape index (κ1) is 16.5. The van der Waals surface area contributed by atoms with Gasteiger partial charge >= 0.3 is 10.2 Å². The van der Waals surface area contributed by atoms with Crippen LogP contribution in [0.1, 0.15) is 18.5 Å². The molecular weight excluding hydrogens is 382 g/mol. The van der Waals surface area contributed by atoms with E-state index < -0.39 is 16.1 Å². The molecule has 0 spiro atoms. The number of benzene rings is 1. The first-order valence-electron chi connectivity index (χ1n) is 7.44. The van der Waals surface area contributed by atoms with Gasteiger partial charge in [0, 0.05) is 34.2 Å². The zero-order valence-electron chi connectivity index (χ0n) is 12.8. The average Bonchev–Trinajstić information content (AvgIpc) is 3.12. The molecule has 1 aromatic carbocycles. The molecule has 1 saturated heterocycles. The number of aromatic nitrogens is 1. The van der Waals surface area contributed by atoms with E-state index in [-0.39, 0.29) is 6.54 Å². The maximum absolute atomic E-state index is 12.2. The molecule has 1 fully saturated rings. The Labute approximate surface area is 143 Å². The molecule has 3 rings (SSSR count). The SMILES string of the molecule is Cc1c(Br)c2ccccc2n1CC(=O)NS(=O)(=O)N1CCCC1. The smallest absolute Gasteiger partial charge is 0.303 e. The summed E-state index contributed by atoms with van der Waals surface area (Å²) >= 11 is 3.53. The quantitative estimate of drug-likeness (QED) is 0.855. The minimum Gasteiger partial charge on any atom is -0.334 e. The zero-order chi connectivity index (χ0) is 16.6. The maximum atomic E-state index is 12.2. The van der Waals surface area contributed by atoms with E-state index >= 15 is 0 Å². The lowest BCUT2D eigenvalue weighted by Crippen LogP contribution is -2.43. The van der Waals surface area contributed by atoms with E-state index in [9.17, 15) is 13.2 Å². The molecule has 1 N–H and O–H groups in total. The molecule has 8 heteroatoms. The maximum Gasteiger partial charge on any atom is 0.303 e. The van der Waals surface area contributed by atoms with Crippen molar-refractivity contribution in [3.05, 3.63) is 34.4 Å². The Morgan fingerprint density at radius 3 is 2.61 bits per heavy atom. The molecule has 1 aliphatic heterocycles. The molecule has 23 heavy (non-hydrogen) atoms. The summed E-state index contributed by atoms with van der Waals surface area (Å²) in [6.07, 6.45) is 1.67. The molecule has 6 nitrogen and oxygen atoms in total. The van der Waals surface area contributed by atoms with Crippen molar-refractivity contribution in [1.82, 2.24) is 13.6 Å². The monoisotopic (exact) mass is 399 g/mol. The van der Waals surface area contributed by atoms with E-state index in [1.165, 1.54) is 4.31 Å². The minimum absolute atomic E-state index is 0.0367. The van der Waals surface area contributed by atoms with Gasteiger partial charge in [-0.2, -0.15) is 12.7 Å². The standard InChI is InChI=1S/C15H18BrN3O3S/c1-11-15(16)12-6-2-3-7-13(12)19(11)10-14(20)17-23(21,22)18-8-4-5-9-18/h2-3,6-7H,4-5,8-10H2,1H3,(H,17,20). The number of para-hydroxylation sites is 1. The lowest BCUT2D eigenvalue weighted by Gasteiger charge is -2.16. The Hall–Kier alpha value is -1.38. The largest absolute Gasteiger partial charge is 0.334 e. The van der Waals surface area contributed by atoms with Crippen molar-refractivity contribution < 1.29 is 13.2 Å². The van der Waals surface area contributed by atoms with E-state index in [1.807, 2.05) is 35.8 Å². The number of amides is 1. The molecule has 1 amide bonds. The topological polar surface area (TPSA) is 71.4 Å². The third-order valence-electron chi connectivity index (χ3n) is 4.10. The van der Waals surface area contributed by atoms with E-state index in [0.29, 0.717) is 13.1 Å². The molecule has 0 radical (unpaired) electrons. The van der Waals surface area contributed by atoms with Crippen LogP contribution in [0.25, 0.3) is 10.9 Å². The van der Waals surface area contributed by atoms with Crippen LogP contribution in [0.5, 0.6) is 0 Å². The fourth-order valence-electron chi connectivity index (χ4n) is 2.91. The van der Waals surface area contributed by atoms with Crippen LogP contribution in [0.2, 0.25) is 0 Å². The summed E-state index contributed by atoms with van der Waals surface area (Å²) in [5.74, 6) is -0.534. The lowest BCUT2D eigenvalue weighted by molar-refractivity contribution is -0.119. The zero-order valence-corrected chi connectivity index (χ0v) is 15.2. The predicted octanol–water partition coefficient (Wildman–Crippen LogP) is 2.17. The highest BCUT2D eigenvalue weighted by Crippen LogP contribution is 2.30. The van der Waals surface area contributed by atoms with Gasteiger partial charge in [-0.15, -0.1) is 0 Å². The number of carbonyl (C=O) groups is 1. The number of hydrogen-bond acceptors (Lipinski definition) is 3. The van der Waals surface area contributed by atoms with Crippen LogP contribution in [0.15, 0.2) is 28.7 Å². The molecule has 0 unspecified atom stereocenters. The van der Waals surface area contributed by atoms with Gasteiger partial charge in [0.25, 0.3) is 5.91 Å². The molecule has 1 aliphatic rings. The van der Waals surface area contributed by atoms with Crippen LogP contribution in [0, 0.1) is 6.92 Å². The number of halogens is 1. The van der Waals surface area contributed by atoms with Gasteiger partial charge in [0.1, 0.15) is 6.54 Å². The summed E-state index contributed by atoms with van der Waals surface area (Å²) < 4.78 is 30.6. The number of fused-ring (bicyclic) bond motifs is 1. The molecule has 124 valence electrons. The van der Waals surface area contributed by atoms with Crippen LogP contribution in [-0.2, 0) is 21.5 Å². The molecule has 1 aromatic heterocycles. The molecule has 0 atom stereocenters. The molecule has 2 aromatic rings. The normalized spacial score (nSPS) is 16.1. The first-order chi connectivity index (χ1) is 10.9. The van der Waals surface area contributed by atoms with Gasteiger partial charge in [0.05, 0.1) is 0 Å². The number of rotatable bonds is 4. The summed E-state index contributed by atoms with van der Waals surface area (Å²) in [7, 11) is -3.73. The summed E-state index contributed by atoms with van der Waals surface area (Å²) in [6, 6.07) is 7.69. The molecule has 0 saturated carbocycles. The Morgan fingerprint density at radius 1 is 1.26 bits per heavy atom. The van der Waals surface area contributed by atoms with Crippen LogP contribution in [0.3, 0.4) is 0 Å². The molecule has 0 aliphatic carbocycles. The number of hydrogen-bond donors (Lipinski definition) is 1. The van der Waals surface area contributed by atoms with Gasteiger partial charge in [-0.3, -0.25) is 4.79 Å². The summed E-state index contributed by atoms with van der Waals surface area (Å²) in [5.41, 5.74) is 1.78. The molecule has 2 heterocycles. The predicted molar refractivity (Wildman–Crippen MR) is 92.2 cm³/mol. The lowest BCUT2D eigenvalue weighted by atomic mass is 10.2. The minimum atomic E-state index is -3.73. The Morgan fingerprint density at radius 2 is 1.91 bits per heavy atom. The number of nitrogens with one attached hydrogen (secondary N) is 1.